The van der Waals surface area contributed by atoms with E-state index >= 15 is 0 Å². The zero-order valence-corrected chi connectivity index (χ0v) is 11.2. The van der Waals surface area contributed by atoms with E-state index in [1.165, 1.54) is 0 Å². The van der Waals surface area contributed by atoms with Crippen molar-refractivity contribution in [1.29, 1.82) is 5.41 Å². The van der Waals surface area contributed by atoms with Crippen LogP contribution in [0.2, 0.25) is 0 Å². The normalized spacial score (nSPS) is 22.9. The monoisotopic (exact) mass is 266 g/mol. The minimum absolute atomic E-state index is 0.210. The molecule has 90 valence electrons. The van der Waals surface area contributed by atoms with Crippen LogP contribution in [0.4, 0.5) is 0 Å². The zero-order valence-electron chi connectivity index (χ0n) is 9.66. The predicted octanol–water partition coefficient (Wildman–Crippen LogP) is 3.52. The smallest absolute Gasteiger partial charge is 0.112 e. The van der Waals surface area contributed by atoms with Gasteiger partial charge < -0.3 is 5.73 Å². The topological polar surface area (TPSA) is 49.9 Å². The number of amidine groups is 1. The molecule has 1 aliphatic rings. The summed E-state index contributed by atoms with van der Waals surface area (Å²) < 4.78 is -0.424. The summed E-state index contributed by atoms with van der Waals surface area (Å²) in [6.45, 7) is 2.05. The molecule has 1 atom stereocenters. The highest BCUT2D eigenvalue weighted by Gasteiger charge is 2.38. The van der Waals surface area contributed by atoms with E-state index in [2.05, 4.69) is 25.1 Å². The highest BCUT2D eigenvalue weighted by molar-refractivity contribution is 8.04. The van der Waals surface area contributed by atoms with Crippen molar-refractivity contribution >= 4 is 29.2 Å². The third kappa shape index (κ3) is 2.09. The fourth-order valence-corrected chi connectivity index (χ4v) is 3.36. The molecule has 1 aromatic rings. The third-order valence-corrected chi connectivity index (χ3v) is 4.74. The second kappa shape index (κ2) is 4.75. The Morgan fingerprint density at radius 2 is 2.35 bits per heavy atom. The molecular formula is C13H15ClN2S. The first-order valence-corrected chi connectivity index (χ1v) is 6.85. The lowest BCUT2D eigenvalue weighted by molar-refractivity contribution is 0.823. The number of allylic oxidation sites excluding steroid dienone is 1. The number of nitrogens with two attached hydrogens (primary N) is 1. The molecular weight excluding hydrogens is 252 g/mol. The van der Waals surface area contributed by atoms with Gasteiger partial charge in [-0.2, -0.15) is 0 Å². The van der Waals surface area contributed by atoms with E-state index < -0.39 is 4.75 Å². The molecule has 1 aliphatic heterocycles. The Hall–Kier alpha value is -0.930. The molecule has 4 heteroatoms. The van der Waals surface area contributed by atoms with E-state index in [0.717, 1.165) is 23.1 Å². The van der Waals surface area contributed by atoms with Gasteiger partial charge in [-0.15, -0.1) is 23.4 Å². The maximum Gasteiger partial charge on any atom is 0.112 e. The van der Waals surface area contributed by atoms with Gasteiger partial charge in [-0.25, -0.2) is 0 Å². The van der Waals surface area contributed by atoms with Crippen LogP contribution in [0.3, 0.4) is 0 Å². The number of halogens is 1. The van der Waals surface area contributed by atoms with Crippen LogP contribution in [0.5, 0.6) is 0 Å². The fourth-order valence-electron chi connectivity index (χ4n) is 2.11. The van der Waals surface area contributed by atoms with E-state index in [0.29, 0.717) is 5.88 Å². The molecule has 0 amide bonds. The summed E-state index contributed by atoms with van der Waals surface area (Å²) >= 11 is 7.49. The standard InChI is InChI=1S/C13H15ClN2S/c1-9-3-4-10(8-14)7-11(9)13(12(15)16)5-2-6-17-13/h2-4,6-7H,5,8H2,1H3,(H3,15,16). The first-order chi connectivity index (χ1) is 8.10. The van der Waals surface area contributed by atoms with Crippen molar-refractivity contribution in [3.05, 3.63) is 46.4 Å². The van der Waals surface area contributed by atoms with Crippen molar-refractivity contribution in [2.24, 2.45) is 5.73 Å². The van der Waals surface area contributed by atoms with Gasteiger partial charge in [0.2, 0.25) is 0 Å². The Morgan fingerprint density at radius 3 is 2.88 bits per heavy atom. The van der Waals surface area contributed by atoms with Crippen molar-refractivity contribution in [2.75, 3.05) is 0 Å². The molecule has 0 spiro atoms. The number of alkyl halides is 1. The number of hydrogen-bond acceptors (Lipinski definition) is 2. The molecule has 1 aromatic carbocycles. The van der Waals surface area contributed by atoms with Crippen LogP contribution in [0.25, 0.3) is 0 Å². The number of nitrogens with one attached hydrogen (secondary N) is 1. The van der Waals surface area contributed by atoms with E-state index in [-0.39, 0.29) is 5.84 Å². The number of benzene rings is 1. The lowest BCUT2D eigenvalue weighted by Crippen LogP contribution is -2.36. The quantitative estimate of drug-likeness (QED) is 0.500. The maximum atomic E-state index is 7.89. The van der Waals surface area contributed by atoms with E-state index in [9.17, 15) is 0 Å². The molecule has 0 aliphatic carbocycles. The van der Waals surface area contributed by atoms with Crippen LogP contribution in [0.1, 0.15) is 23.1 Å². The molecule has 1 heterocycles. The Balaban J connectivity index is 2.53. The minimum Gasteiger partial charge on any atom is -0.386 e. The van der Waals surface area contributed by atoms with Gasteiger partial charge in [0.1, 0.15) is 10.6 Å². The molecule has 1 unspecified atom stereocenters. The predicted molar refractivity (Wildman–Crippen MR) is 75.7 cm³/mol. The molecule has 2 nitrogen and oxygen atoms in total. The molecule has 0 radical (unpaired) electrons. The lowest BCUT2D eigenvalue weighted by atomic mass is 9.89. The Morgan fingerprint density at radius 1 is 1.59 bits per heavy atom. The van der Waals surface area contributed by atoms with E-state index in [1.807, 2.05) is 11.5 Å². The first-order valence-electron chi connectivity index (χ1n) is 5.43. The van der Waals surface area contributed by atoms with Gasteiger partial charge >= 0.3 is 0 Å². The highest BCUT2D eigenvalue weighted by Crippen LogP contribution is 2.46. The van der Waals surface area contributed by atoms with Crippen LogP contribution >= 0.6 is 23.4 Å². The average Bonchev–Trinajstić information content (AvgIpc) is 2.80. The van der Waals surface area contributed by atoms with Crippen molar-refractivity contribution in [3.8, 4) is 0 Å². The van der Waals surface area contributed by atoms with Crippen LogP contribution in [-0.4, -0.2) is 5.84 Å². The summed E-state index contributed by atoms with van der Waals surface area (Å²) in [4.78, 5) is 0. The van der Waals surface area contributed by atoms with Crippen molar-refractivity contribution in [2.45, 2.75) is 24.0 Å². The molecule has 0 saturated carbocycles. The summed E-state index contributed by atoms with van der Waals surface area (Å²) in [5, 5.41) is 9.91. The molecule has 0 fully saturated rings. The maximum absolute atomic E-state index is 7.89. The number of hydrogen-bond donors (Lipinski definition) is 2. The van der Waals surface area contributed by atoms with Crippen molar-refractivity contribution < 1.29 is 0 Å². The molecule has 0 aromatic heterocycles. The summed E-state index contributed by atoms with van der Waals surface area (Å²) in [7, 11) is 0. The lowest BCUT2D eigenvalue weighted by Gasteiger charge is -2.29. The number of rotatable bonds is 3. The van der Waals surface area contributed by atoms with Crippen molar-refractivity contribution in [1.82, 2.24) is 0 Å². The summed E-state index contributed by atoms with van der Waals surface area (Å²) in [5.41, 5.74) is 9.15. The Bertz CT molecular complexity index is 474. The molecule has 2 rings (SSSR count). The van der Waals surface area contributed by atoms with E-state index in [1.54, 1.807) is 11.8 Å². The van der Waals surface area contributed by atoms with Gasteiger partial charge in [-0.05, 0) is 35.4 Å². The van der Waals surface area contributed by atoms with Crippen LogP contribution < -0.4 is 5.73 Å². The Labute approximate surface area is 111 Å². The summed E-state index contributed by atoms with van der Waals surface area (Å²) in [6, 6.07) is 6.15. The second-order valence-electron chi connectivity index (χ2n) is 4.22. The van der Waals surface area contributed by atoms with Crippen molar-refractivity contribution in [3.63, 3.8) is 0 Å². The first kappa shape index (κ1) is 12.5. The number of aryl methyl sites for hydroxylation is 1. The zero-order chi connectivity index (χ0) is 12.5. The molecule has 17 heavy (non-hydrogen) atoms. The Kier molecular flexibility index (Phi) is 3.50. The van der Waals surface area contributed by atoms with Crippen LogP contribution in [0.15, 0.2) is 29.7 Å². The minimum atomic E-state index is -0.424. The number of thioether (sulfide) groups is 1. The summed E-state index contributed by atoms with van der Waals surface area (Å²) in [5.74, 6) is 0.696. The van der Waals surface area contributed by atoms with Gasteiger partial charge in [-0.1, -0.05) is 24.3 Å². The molecule has 0 saturated heterocycles. The molecule has 0 bridgehead atoms. The van der Waals surface area contributed by atoms with Gasteiger partial charge in [0.25, 0.3) is 0 Å². The third-order valence-electron chi connectivity index (χ3n) is 3.10. The van der Waals surface area contributed by atoms with Crippen LogP contribution in [0, 0.1) is 12.3 Å². The van der Waals surface area contributed by atoms with E-state index in [4.69, 9.17) is 22.7 Å². The van der Waals surface area contributed by atoms with Gasteiger partial charge in [-0.3, -0.25) is 5.41 Å². The highest BCUT2D eigenvalue weighted by atomic mass is 35.5. The van der Waals surface area contributed by atoms with Gasteiger partial charge in [0, 0.05) is 5.88 Å². The second-order valence-corrected chi connectivity index (χ2v) is 5.69. The molecule has 3 N–H and O–H groups in total. The van der Waals surface area contributed by atoms with Gasteiger partial charge in [0.05, 0.1) is 0 Å². The summed E-state index contributed by atoms with van der Waals surface area (Å²) in [6.07, 6.45) is 2.85. The largest absolute Gasteiger partial charge is 0.386 e. The van der Waals surface area contributed by atoms with Crippen LogP contribution in [-0.2, 0) is 10.6 Å². The SMILES string of the molecule is Cc1ccc(CCl)cc1C1(C(=N)N)CC=CS1. The van der Waals surface area contributed by atoms with Gasteiger partial charge in [0.15, 0.2) is 0 Å². The fraction of sp³-hybridized carbons (Fsp3) is 0.308. The average molecular weight is 267 g/mol.